The molecule has 0 unspecified atom stereocenters. The highest BCUT2D eigenvalue weighted by atomic mass is 28.3. The molecule has 0 spiro atoms. The first-order valence-electron chi connectivity index (χ1n) is 7.12. The maximum atomic E-state index is 2.65. The fourth-order valence-electron chi connectivity index (χ4n) is 2.96. The Balaban J connectivity index is 2.67. The van der Waals surface area contributed by atoms with Crippen LogP contribution in [0.3, 0.4) is 0 Å². The van der Waals surface area contributed by atoms with Crippen molar-refractivity contribution in [2.24, 2.45) is 0 Å². The van der Waals surface area contributed by atoms with E-state index in [0.29, 0.717) is 0 Å². The summed E-state index contributed by atoms with van der Waals surface area (Å²) in [6.45, 7) is 14.6. The van der Waals surface area contributed by atoms with Gasteiger partial charge in [0.15, 0.2) is 0 Å². The molecule has 98 valence electrons. The van der Waals surface area contributed by atoms with Crippen molar-refractivity contribution in [3.8, 4) is 0 Å². The van der Waals surface area contributed by atoms with Gasteiger partial charge < -0.3 is 0 Å². The van der Waals surface area contributed by atoms with Crippen molar-refractivity contribution in [2.75, 3.05) is 0 Å². The normalized spacial score (nSPS) is 30.9. The SMILES string of the molecule is CC(C)[Si@@]1(C)C=C[Si@](C)(C(C)C)c2ccccc21. The smallest absolute Gasteiger partial charge is 0.0974 e. The van der Waals surface area contributed by atoms with Gasteiger partial charge >= 0.3 is 0 Å². The Labute approximate surface area is 114 Å². The molecule has 2 atom stereocenters. The zero-order valence-corrected chi connectivity index (χ0v) is 14.6. The summed E-state index contributed by atoms with van der Waals surface area (Å²) in [4.78, 5) is 0. The van der Waals surface area contributed by atoms with Crippen LogP contribution >= 0.6 is 0 Å². The molecule has 1 aliphatic heterocycles. The predicted octanol–water partition coefficient (Wildman–Crippen LogP) is 3.73. The molecular formula is C16H26Si2. The monoisotopic (exact) mass is 274 g/mol. The second kappa shape index (κ2) is 4.50. The Morgan fingerprint density at radius 1 is 0.722 bits per heavy atom. The highest BCUT2D eigenvalue weighted by molar-refractivity contribution is 7.08. The van der Waals surface area contributed by atoms with Crippen LogP contribution < -0.4 is 10.4 Å². The average molecular weight is 275 g/mol. The van der Waals surface area contributed by atoms with E-state index in [2.05, 4.69) is 76.5 Å². The summed E-state index contributed by atoms with van der Waals surface area (Å²) < 4.78 is 0. The number of fused-ring (bicyclic) bond motifs is 1. The first kappa shape index (κ1) is 13.8. The Morgan fingerprint density at radius 2 is 1.06 bits per heavy atom. The van der Waals surface area contributed by atoms with E-state index in [-0.39, 0.29) is 0 Å². The van der Waals surface area contributed by atoms with Gasteiger partial charge in [-0.15, -0.1) is 0 Å². The van der Waals surface area contributed by atoms with Crippen LogP contribution in [0.1, 0.15) is 27.7 Å². The molecule has 0 aliphatic carbocycles. The van der Waals surface area contributed by atoms with Gasteiger partial charge in [0.25, 0.3) is 0 Å². The summed E-state index contributed by atoms with van der Waals surface area (Å²) >= 11 is 0. The molecule has 2 heteroatoms. The molecule has 1 aromatic rings. The minimum absolute atomic E-state index is 0.778. The lowest BCUT2D eigenvalue weighted by Crippen LogP contribution is -2.65. The lowest BCUT2D eigenvalue weighted by atomic mass is 10.4. The third-order valence-electron chi connectivity index (χ3n) is 5.26. The van der Waals surface area contributed by atoms with Crippen molar-refractivity contribution in [1.29, 1.82) is 0 Å². The van der Waals surface area contributed by atoms with Gasteiger partial charge in [0.2, 0.25) is 0 Å². The van der Waals surface area contributed by atoms with E-state index in [4.69, 9.17) is 0 Å². The minimum atomic E-state index is -1.42. The first-order valence-corrected chi connectivity index (χ1v) is 12.4. The average Bonchev–Trinajstić information content (AvgIpc) is 2.34. The van der Waals surface area contributed by atoms with Crippen LogP contribution in [-0.2, 0) is 0 Å². The van der Waals surface area contributed by atoms with Crippen LogP contribution in [0.25, 0.3) is 0 Å². The Kier molecular flexibility index (Phi) is 3.45. The van der Waals surface area contributed by atoms with Gasteiger partial charge in [0, 0.05) is 0 Å². The molecule has 18 heavy (non-hydrogen) atoms. The molecule has 0 amide bonds. The largest absolute Gasteiger partial charge is 0.108 e. The molecule has 2 rings (SSSR count). The van der Waals surface area contributed by atoms with Gasteiger partial charge in [-0.05, 0) is 11.1 Å². The van der Waals surface area contributed by atoms with E-state index in [9.17, 15) is 0 Å². The van der Waals surface area contributed by atoms with E-state index in [0.717, 1.165) is 11.1 Å². The molecule has 0 radical (unpaired) electrons. The van der Waals surface area contributed by atoms with Crippen molar-refractivity contribution < 1.29 is 0 Å². The van der Waals surface area contributed by atoms with Gasteiger partial charge in [-0.3, -0.25) is 0 Å². The highest BCUT2D eigenvalue weighted by Crippen LogP contribution is 2.30. The van der Waals surface area contributed by atoms with Crippen molar-refractivity contribution in [2.45, 2.75) is 51.9 Å². The standard InChI is InChI=1S/C16H26Si2/c1-13(2)17(5)11-12-18(6,14(3)4)16-10-8-7-9-15(16)17/h7-14H,1-6H3/t17-,18-/m1/s1. The van der Waals surface area contributed by atoms with Crippen molar-refractivity contribution in [1.82, 2.24) is 0 Å². The molecule has 1 heterocycles. The topological polar surface area (TPSA) is 0 Å². The van der Waals surface area contributed by atoms with Crippen molar-refractivity contribution in [3.63, 3.8) is 0 Å². The summed E-state index contributed by atoms with van der Waals surface area (Å²) in [5, 5.41) is 3.43. The maximum Gasteiger partial charge on any atom is 0.108 e. The van der Waals surface area contributed by atoms with E-state index < -0.39 is 16.1 Å². The molecule has 0 bridgehead atoms. The summed E-state index contributed by atoms with van der Waals surface area (Å²) in [7, 11) is -2.83. The third kappa shape index (κ3) is 1.86. The molecule has 0 fully saturated rings. The van der Waals surface area contributed by atoms with Crippen molar-refractivity contribution in [3.05, 3.63) is 35.7 Å². The highest BCUT2D eigenvalue weighted by Gasteiger charge is 2.43. The molecule has 0 N–H and O–H groups in total. The molecule has 1 aliphatic rings. The fourth-order valence-corrected chi connectivity index (χ4v) is 12.0. The second-order valence-corrected chi connectivity index (χ2v) is 15.9. The summed E-state index contributed by atoms with van der Waals surface area (Å²) in [5.41, 5.74) is 6.85. The Morgan fingerprint density at radius 3 is 1.33 bits per heavy atom. The number of hydrogen-bond acceptors (Lipinski definition) is 0. The molecule has 0 nitrogen and oxygen atoms in total. The van der Waals surface area contributed by atoms with Crippen LogP contribution in [0.4, 0.5) is 0 Å². The summed E-state index contributed by atoms with van der Waals surface area (Å²) in [6.07, 6.45) is 0. The summed E-state index contributed by atoms with van der Waals surface area (Å²) in [5.74, 6) is 0. The molecule has 1 aromatic carbocycles. The van der Waals surface area contributed by atoms with Gasteiger partial charge in [-0.25, -0.2) is 0 Å². The Hall–Kier alpha value is -0.606. The van der Waals surface area contributed by atoms with Gasteiger partial charge in [-0.1, -0.05) is 86.8 Å². The molecular weight excluding hydrogens is 248 g/mol. The van der Waals surface area contributed by atoms with Crippen LogP contribution in [0.15, 0.2) is 35.7 Å². The maximum absolute atomic E-state index is 2.65. The number of hydrogen-bond donors (Lipinski definition) is 0. The van der Waals surface area contributed by atoms with Crippen LogP contribution in [0, 0.1) is 0 Å². The van der Waals surface area contributed by atoms with E-state index in [1.807, 2.05) is 0 Å². The number of benzene rings is 1. The van der Waals surface area contributed by atoms with Crippen LogP contribution in [0.2, 0.25) is 24.2 Å². The lowest BCUT2D eigenvalue weighted by Gasteiger charge is -2.42. The number of rotatable bonds is 2. The predicted molar refractivity (Wildman–Crippen MR) is 88.3 cm³/mol. The second-order valence-electron chi connectivity index (χ2n) is 6.75. The quantitative estimate of drug-likeness (QED) is 0.721. The molecule has 0 saturated heterocycles. The summed E-state index contributed by atoms with van der Waals surface area (Å²) in [6, 6.07) is 9.30. The van der Waals surface area contributed by atoms with E-state index in [1.54, 1.807) is 10.4 Å². The minimum Gasteiger partial charge on any atom is -0.0974 e. The zero-order valence-electron chi connectivity index (χ0n) is 12.6. The zero-order chi connectivity index (χ0) is 13.6. The van der Waals surface area contributed by atoms with Crippen LogP contribution in [0.5, 0.6) is 0 Å². The van der Waals surface area contributed by atoms with E-state index >= 15 is 0 Å². The lowest BCUT2D eigenvalue weighted by molar-refractivity contribution is 1.02. The first-order chi connectivity index (χ1) is 8.32. The Bertz CT molecular complexity index is 433. The third-order valence-corrected chi connectivity index (χ3v) is 15.6. The van der Waals surface area contributed by atoms with E-state index in [1.165, 1.54) is 0 Å². The fraction of sp³-hybridized carbons (Fsp3) is 0.500. The van der Waals surface area contributed by atoms with Gasteiger partial charge in [0.1, 0.15) is 16.1 Å². The van der Waals surface area contributed by atoms with Gasteiger partial charge in [0.05, 0.1) is 0 Å². The van der Waals surface area contributed by atoms with Crippen molar-refractivity contribution >= 4 is 26.5 Å². The van der Waals surface area contributed by atoms with Crippen LogP contribution in [-0.4, -0.2) is 16.1 Å². The van der Waals surface area contributed by atoms with Gasteiger partial charge in [-0.2, -0.15) is 0 Å². The molecule has 0 saturated carbocycles. The molecule has 0 aromatic heterocycles.